The van der Waals surface area contributed by atoms with Crippen molar-refractivity contribution in [1.29, 1.82) is 0 Å². The second-order valence-electron chi connectivity index (χ2n) is 3.78. The molecule has 0 bridgehead atoms. The van der Waals surface area contributed by atoms with E-state index >= 15 is 0 Å². The Bertz CT molecular complexity index is 437. The van der Waals surface area contributed by atoms with Crippen molar-refractivity contribution in [3.8, 4) is 5.75 Å². The lowest BCUT2D eigenvalue weighted by Gasteiger charge is -2.07. The van der Waals surface area contributed by atoms with Gasteiger partial charge in [0.25, 0.3) is 0 Å². The summed E-state index contributed by atoms with van der Waals surface area (Å²) >= 11 is 1.69. The molecule has 1 N–H and O–H groups in total. The molecule has 0 saturated heterocycles. The van der Waals surface area contributed by atoms with Gasteiger partial charge in [0.1, 0.15) is 0 Å². The Kier molecular flexibility index (Phi) is 3.89. The summed E-state index contributed by atoms with van der Waals surface area (Å²) in [5.41, 5.74) is 0.797. The Morgan fingerprint density at radius 1 is 1.59 bits per heavy atom. The van der Waals surface area contributed by atoms with Crippen LogP contribution in [-0.2, 0) is 0 Å². The number of amidine groups is 1. The predicted octanol–water partition coefficient (Wildman–Crippen LogP) is 3.13. The van der Waals surface area contributed by atoms with Crippen LogP contribution in [0.15, 0.2) is 23.2 Å². The van der Waals surface area contributed by atoms with E-state index in [4.69, 9.17) is 4.74 Å². The van der Waals surface area contributed by atoms with Crippen molar-refractivity contribution < 1.29 is 9.13 Å². The van der Waals surface area contributed by atoms with Gasteiger partial charge in [0.05, 0.1) is 13.2 Å². The summed E-state index contributed by atoms with van der Waals surface area (Å²) in [6.07, 6.45) is 1.05. The number of aliphatic imine (C=N–C) groups is 1. The van der Waals surface area contributed by atoms with Gasteiger partial charge in [0.15, 0.2) is 16.7 Å². The molecular formula is C12H15FN2OS. The largest absolute Gasteiger partial charge is 0.494 e. The molecule has 0 saturated carbocycles. The van der Waals surface area contributed by atoms with E-state index in [2.05, 4.69) is 17.2 Å². The highest BCUT2D eigenvalue weighted by atomic mass is 32.2. The molecule has 1 aliphatic rings. The molecule has 1 unspecified atom stereocenters. The third-order valence-corrected chi connectivity index (χ3v) is 3.62. The van der Waals surface area contributed by atoms with Crippen molar-refractivity contribution in [2.75, 3.05) is 18.2 Å². The maximum Gasteiger partial charge on any atom is 0.165 e. The molecule has 0 fully saturated rings. The number of methoxy groups -OCH3 is 1. The zero-order valence-corrected chi connectivity index (χ0v) is 10.7. The van der Waals surface area contributed by atoms with Gasteiger partial charge in [-0.15, -0.1) is 0 Å². The summed E-state index contributed by atoms with van der Waals surface area (Å²) in [5.74, 6) is 0.896. The number of hydrogen-bond donors (Lipinski definition) is 1. The first-order valence-electron chi connectivity index (χ1n) is 5.54. The molecule has 5 heteroatoms. The number of ether oxygens (including phenoxy) is 1. The summed E-state index contributed by atoms with van der Waals surface area (Å²) < 4.78 is 18.1. The average molecular weight is 254 g/mol. The van der Waals surface area contributed by atoms with Crippen LogP contribution >= 0.6 is 11.8 Å². The minimum Gasteiger partial charge on any atom is -0.494 e. The fourth-order valence-electron chi connectivity index (χ4n) is 1.55. The van der Waals surface area contributed by atoms with Crippen LogP contribution in [0.1, 0.15) is 13.3 Å². The van der Waals surface area contributed by atoms with Gasteiger partial charge in [-0.25, -0.2) is 4.39 Å². The van der Waals surface area contributed by atoms with Crippen LogP contribution in [-0.4, -0.2) is 24.1 Å². The molecule has 0 aliphatic carbocycles. The van der Waals surface area contributed by atoms with Crippen molar-refractivity contribution >= 4 is 22.6 Å². The minimum atomic E-state index is -0.356. The SMILES string of the molecule is CCC1CSC(Nc2ccc(F)c(OC)c2)=N1. The topological polar surface area (TPSA) is 33.6 Å². The van der Waals surface area contributed by atoms with Gasteiger partial charge in [-0.2, -0.15) is 0 Å². The number of rotatable bonds is 3. The summed E-state index contributed by atoms with van der Waals surface area (Å²) in [6, 6.07) is 5.10. The first kappa shape index (κ1) is 12.2. The molecule has 1 aliphatic heterocycles. The molecule has 92 valence electrons. The molecule has 1 atom stereocenters. The fraction of sp³-hybridized carbons (Fsp3) is 0.417. The van der Waals surface area contributed by atoms with Crippen molar-refractivity contribution in [1.82, 2.24) is 0 Å². The van der Waals surface area contributed by atoms with E-state index in [0.29, 0.717) is 6.04 Å². The van der Waals surface area contributed by atoms with Gasteiger partial charge in [-0.3, -0.25) is 4.99 Å². The average Bonchev–Trinajstić information content (AvgIpc) is 2.79. The summed E-state index contributed by atoms with van der Waals surface area (Å²) in [5, 5.41) is 4.07. The quantitative estimate of drug-likeness (QED) is 0.899. The maximum absolute atomic E-state index is 13.2. The zero-order valence-electron chi connectivity index (χ0n) is 9.87. The van der Waals surface area contributed by atoms with Gasteiger partial charge >= 0.3 is 0 Å². The first-order chi connectivity index (χ1) is 8.22. The van der Waals surface area contributed by atoms with Crippen LogP contribution in [0, 0.1) is 5.82 Å². The second kappa shape index (κ2) is 5.40. The van der Waals surface area contributed by atoms with E-state index in [1.165, 1.54) is 13.2 Å². The molecule has 1 aromatic rings. The second-order valence-corrected chi connectivity index (χ2v) is 4.79. The Hall–Kier alpha value is -1.23. The Morgan fingerprint density at radius 2 is 2.41 bits per heavy atom. The Balaban J connectivity index is 2.09. The highest BCUT2D eigenvalue weighted by molar-refractivity contribution is 8.14. The molecule has 3 nitrogen and oxygen atoms in total. The smallest absolute Gasteiger partial charge is 0.165 e. The third-order valence-electron chi connectivity index (χ3n) is 2.59. The van der Waals surface area contributed by atoms with Gasteiger partial charge in [0.2, 0.25) is 0 Å². The number of anilines is 1. The highest BCUT2D eigenvalue weighted by Crippen LogP contribution is 2.25. The minimum absolute atomic E-state index is 0.241. The van der Waals surface area contributed by atoms with Gasteiger partial charge in [0, 0.05) is 17.5 Å². The van der Waals surface area contributed by atoms with Crippen LogP contribution in [0.3, 0.4) is 0 Å². The number of thioether (sulfide) groups is 1. The normalized spacial score (nSPS) is 19.0. The molecule has 0 spiro atoms. The molecule has 17 heavy (non-hydrogen) atoms. The van der Waals surface area contributed by atoms with E-state index in [1.807, 2.05) is 0 Å². The predicted molar refractivity (Wildman–Crippen MR) is 70.5 cm³/mol. The number of hydrogen-bond acceptors (Lipinski definition) is 4. The number of nitrogens with one attached hydrogen (secondary N) is 1. The first-order valence-corrected chi connectivity index (χ1v) is 6.52. The van der Waals surface area contributed by atoms with Crippen LogP contribution in [0.5, 0.6) is 5.75 Å². The van der Waals surface area contributed by atoms with Crippen molar-refractivity contribution in [3.63, 3.8) is 0 Å². The molecule has 0 radical (unpaired) electrons. The van der Waals surface area contributed by atoms with Crippen molar-refractivity contribution in [2.24, 2.45) is 4.99 Å². The van der Waals surface area contributed by atoms with E-state index in [0.717, 1.165) is 23.0 Å². The van der Waals surface area contributed by atoms with E-state index in [1.54, 1.807) is 23.9 Å². The maximum atomic E-state index is 13.2. The van der Waals surface area contributed by atoms with Crippen LogP contribution in [0.4, 0.5) is 10.1 Å². The van der Waals surface area contributed by atoms with E-state index in [9.17, 15) is 4.39 Å². The van der Waals surface area contributed by atoms with E-state index < -0.39 is 0 Å². The Morgan fingerprint density at radius 3 is 3.06 bits per heavy atom. The zero-order chi connectivity index (χ0) is 12.3. The molecule has 1 heterocycles. The summed E-state index contributed by atoms with van der Waals surface area (Å²) in [7, 11) is 1.46. The fourth-order valence-corrected chi connectivity index (χ4v) is 2.63. The van der Waals surface area contributed by atoms with E-state index in [-0.39, 0.29) is 11.6 Å². The van der Waals surface area contributed by atoms with Crippen molar-refractivity contribution in [2.45, 2.75) is 19.4 Å². The lowest BCUT2D eigenvalue weighted by molar-refractivity contribution is 0.387. The summed E-state index contributed by atoms with van der Waals surface area (Å²) in [4.78, 5) is 4.51. The number of halogens is 1. The van der Waals surface area contributed by atoms with Gasteiger partial charge < -0.3 is 10.1 Å². The lowest BCUT2D eigenvalue weighted by atomic mass is 10.3. The number of benzene rings is 1. The molecular weight excluding hydrogens is 239 g/mol. The molecule has 1 aromatic carbocycles. The molecule has 0 amide bonds. The molecule has 2 rings (SSSR count). The third kappa shape index (κ3) is 2.91. The molecule has 0 aromatic heterocycles. The number of nitrogens with zero attached hydrogens (tertiary/aromatic N) is 1. The van der Waals surface area contributed by atoms with Crippen LogP contribution in [0.25, 0.3) is 0 Å². The van der Waals surface area contributed by atoms with Gasteiger partial charge in [-0.1, -0.05) is 18.7 Å². The standard InChI is InChI=1S/C12H15FN2OS/c1-3-8-7-17-12(14-8)15-9-4-5-10(13)11(6-9)16-2/h4-6,8H,3,7H2,1-2H3,(H,14,15). The lowest BCUT2D eigenvalue weighted by Crippen LogP contribution is -2.05. The van der Waals surface area contributed by atoms with Crippen LogP contribution < -0.4 is 10.1 Å². The van der Waals surface area contributed by atoms with Gasteiger partial charge in [-0.05, 0) is 18.6 Å². The highest BCUT2D eigenvalue weighted by Gasteiger charge is 2.16. The summed E-state index contributed by atoms with van der Waals surface area (Å²) in [6.45, 7) is 2.12. The Labute approximate surface area is 104 Å². The van der Waals surface area contributed by atoms with Crippen LogP contribution in [0.2, 0.25) is 0 Å². The van der Waals surface area contributed by atoms with Crippen molar-refractivity contribution in [3.05, 3.63) is 24.0 Å². The monoisotopic (exact) mass is 254 g/mol.